The number of alkyl halides is 9. The van der Waals surface area contributed by atoms with Gasteiger partial charge in [0, 0.05) is 0 Å². The third-order valence-corrected chi connectivity index (χ3v) is 2.85. The SMILES string of the molecule is COc1c(F)cccc1C(=O)C(F)(F)C(F)(F)C(F)(F)C(F)(F)F. The van der Waals surface area contributed by atoms with Crippen molar-refractivity contribution in [1.82, 2.24) is 0 Å². The first-order valence-electron chi connectivity index (χ1n) is 5.70. The minimum Gasteiger partial charge on any atom is -0.493 e. The molecule has 0 spiro atoms. The second-order valence-electron chi connectivity index (χ2n) is 4.37. The minimum atomic E-state index is -7.22. The smallest absolute Gasteiger partial charge is 0.460 e. The molecule has 0 aliphatic rings. The fourth-order valence-electron chi connectivity index (χ4n) is 1.58. The van der Waals surface area contributed by atoms with Crippen molar-refractivity contribution in [3.05, 3.63) is 29.6 Å². The molecule has 0 bridgehead atoms. The Kier molecular flexibility index (Phi) is 4.85. The van der Waals surface area contributed by atoms with Crippen molar-refractivity contribution in [2.24, 2.45) is 0 Å². The van der Waals surface area contributed by atoms with Gasteiger partial charge in [-0.1, -0.05) is 6.07 Å². The Morgan fingerprint density at radius 1 is 0.917 bits per heavy atom. The molecule has 1 aromatic rings. The van der Waals surface area contributed by atoms with E-state index in [1.807, 2.05) is 0 Å². The van der Waals surface area contributed by atoms with Gasteiger partial charge in [-0.05, 0) is 12.1 Å². The zero-order chi connectivity index (χ0) is 19.1. The summed E-state index contributed by atoms with van der Waals surface area (Å²) >= 11 is 0. The first-order valence-corrected chi connectivity index (χ1v) is 5.70. The second-order valence-corrected chi connectivity index (χ2v) is 4.37. The van der Waals surface area contributed by atoms with Crippen LogP contribution in [0.1, 0.15) is 10.4 Å². The van der Waals surface area contributed by atoms with Gasteiger partial charge in [-0.15, -0.1) is 0 Å². The first kappa shape index (κ1) is 20.0. The predicted octanol–water partition coefficient (Wildman–Crippen LogP) is 4.49. The lowest BCUT2D eigenvalue weighted by atomic mass is 9.95. The molecule has 0 atom stereocenters. The third-order valence-electron chi connectivity index (χ3n) is 2.85. The van der Waals surface area contributed by atoms with Crippen molar-refractivity contribution in [2.75, 3.05) is 7.11 Å². The zero-order valence-electron chi connectivity index (χ0n) is 11.3. The Labute approximate surface area is 127 Å². The maximum Gasteiger partial charge on any atom is 0.460 e. The summed E-state index contributed by atoms with van der Waals surface area (Å²) in [4.78, 5) is 11.4. The van der Waals surface area contributed by atoms with Crippen molar-refractivity contribution in [3.8, 4) is 5.75 Å². The number of hydrogen-bond acceptors (Lipinski definition) is 2. The fraction of sp³-hybridized carbons (Fsp3) is 0.417. The monoisotopic (exact) mass is 372 g/mol. The van der Waals surface area contributed by atoms with Crippen LogP contribution in [0.25, 0.3) is 0 Å². The maximum absolute atomic E-state index is 13.5. The number of hydrogen-bond donors (Lipinski definition) is 0. The minimum absolute atomic E-state index is 0.306. The molecule has 0 saturated heterocycles. The molecule has 1 aromatic carbocycles. The average Bonchev–Trinajstić information content (AvgIpc) is 2.44. The van der Waals surface area contributed by atoms with Crippen LogP contribution in [0.15, 0.2) is 18.2 Å². The van der Waals surface area contributed by atoms with E-state index in [1.165, 1.54) is 0 Å². The molecular formula is C12H6F10O2. The van der Waals surface area contributed by atoms with E-state index in [0.717, 1.165) is 0 Å². The lowest BCUT2D eigenvalue weighted by Crippen LogP contribution is -2.63. The Morgan fingerprint density at radius 3 is 1.83 bits per heavy atom. The molecule has 0 aliphatic carbocycles. The summed E-state index contributed by atoms with van der Waals surface area (Å²) in [6.07, 6.45) is -7.06. The number of ketones is 1. The van der Waals surface area contributed by atoms with Crippen LogP contribution in [-0.2, 0) is 0 Å². The largest absolute Gasteiger partial charge is 0.493 e. The van der Waals surface area contributed by atoms with Gasteiger partial charge < -0.3 is 4.74 Å². The molecule has 0 aliphatic heterocycles. The van der Waals surface area contributed by atoms with Gasteiger partial charge in [-0.3, -0.25) is 4.79 Å². The molecule has 12 heteroatoms. The van der Waals surface area contributed by atoms with Gasteiger partial charge in [0.05, 0.1) is 12.7 Å². The van der Waals surface area contributed by atoms with Crippen molar-refractivity contribution in [2.45, 2.75) is 23.9 Å². The normalized spacial score (nSPS) is 13.8. The highest BCUT2D eigenvalue weighted by Crippen LogP contribution is 2.54. The molecular weight excluding hydrogens is 366 g/mol. The van der Waals surface area contributed by atoms with E-state index in [-0.39, 0.29) is 0 Å². The molecule has 0 fully saturated rings. The van der Waals surface area contributed by atoms with E-state index in [4.69, 9.17) is 0 Å². The predicted molar refractivity (Wildman–Crippen MR) is 58.2 cm³/mol. The number of carbonyl (C=O) groups excluding carboxylic acids is 1. The van der Waals surface area contributed by atoms with Crippen LogP contribution in [0.4, 0.5) is 43.9 Å². The molecule has 0 N–H and O–H groups in total. The number of Topliss-reactive ketones (excluding diaryl/α,β-unsaturated/α-hetero) is 1. The van der Waals surface area contributed by atoms with Gasteiger partial charge in [0.25, 0.3) is 0 Å². The van der Waals surface area contributed by atoms with Crippen LogP contribution in [0, 0.1) is 5.82 Å². The molecule has 0 saturated carbocycles. The van der Waals surface area contributed by atoms with Gasteiger partial charge >= 0.3 is 23.9 Å². The Morgan fingerprint density at radius 2 is 1.42 bits per heavy atom. The van der Waals surface area contributed by atoms with E-state index < -0.39 is 46.9 Å². The van der Waals surface area contributed by atoms with Crippen LogP contribution < -0.4 is 4.74 Å². The van der Waals surface area contributed by atoms with Gasteiger partial charge in [0.1, 0.15) is 0 Å². The summed E-state index contributed by atoms with van der Waals surface area (Å²) in [7, 11) is 0.635. The molecule has 136 valence electrons. The molecule has 0 amide bonds. The summed E-state index contributed by atoms with van der Waals surface area (Å²) in [6.45, 7) is 0. The maximum atomic E-state index is 13.5. The Hall–Kier alpha value is -2.01. The van der Waals surface area contributed by atoms with E-state index in [0.29, 0.717) is 25.3 Å². The number of para-hydroxylation sites is 1. The van der Waals surface area contributed by atoms with Crippen LogP contribution in [-0.4, -0.2) is 36.8 Å². The van der Waals surface area contributed by atoms with Crippen LogP contribution in [0.2, 0.25) is 0 Å². The number of carbonyl (C=O) groups is 1. The summed E-state index contributed by atoms with van der Waals surface area (Å²) < 4.78 is 132. The van der Waals surface area contributed by atoms with E-state index in [2.05, 4.69) is 4.74 Å². The molecule has 0 aromatic heterocycles. The van der Waals surface area contributed by atoms with Crippen molar-refractivity contribution in [3.63, 3.8) is 0 Å². The number of halogens is 10. The highest BCUT2D eigenvalue weighted by atomic mass is 19.4. The van der Waals surface area contributed by atoms with E-state index in [9.17, 15) is 48.7 Å². The summed E-state index contributed by atoms with van der Waals surface area (Å²) in [6, 6.07) is 1.43. The van der Waals surface area contributed by atoms with Gasteiger partial charge in [-0.25, -0.2) is 4.39 Å². The summed E-state index contributed by atoms with van der Waals surface area (Å²) in [5, 5.41) is 0. The topological polar surface area (TPSA) is 26.3 Å². The average molecular weight is 372 g/mol. The Bertz CT molecular complexity index is 635. The molecule has 1 rings (SSSR count). The molecule has 0 heterocycles. The van der Waals surface area contributed by atoms with Crippen LogP contribution >= 0.6 is 0 Å². The molecule has 0 unspecified atom stereocenters. The number of methoxy groups -OCH3 is 1. The lowest BCUT2D eigenvalue weighted by molar-refractivity contribution is -0.386. The fourth-order valence-corrected chi connectivity index (χ4v) is 1.58. The lowest BCUT2D eigenvalue weighted by Gasteiger charge is -2.32. The van der Waals surface area contributed by atoms with Gasteiger partial charge in [0.15, 0.2) is 11.6 Å². The second kappa shape index (κ2) is 5.81. The Balaban J connectivity index is 3.49. The van der Waals surface area contributed by atoms with Gasteiger partial charge in [0.2, 0.25) is 5.78 Å². The van der Waals surface area contributed by atoms with Crippen LogP contribution in [0.5, 0.6) is 5.75 Å². The third kappa shape index (κ3) is 2.77. The first-order chi connectivity index (χ1) is 10.6. The summed E-state index contributed by atoms with van der Waals surface area (Å²) in [5.74, 6) is -26.8. The number of rotatable bonds is 5. The quantitative estimate of drug-likeness (QED) is 0.563. The highest BCUT2D eigenvalue weighted by Gasteiger charge is 2.83. The van der Waals surface area contributed by atoms with Crippen molar-refractivity contribution >= 4 is 5.78 Å². The van der Waals surface area contributed by atoms with Crippen molar-refractivity contribution in [1.29, 1.82) is 0 Å². The van der Waals surface area contributed by atoms with Crippen LogP contribution in [0.3, 0.4) is 0 Å². The van der Waals surface area contributed by atoms with E-state index in [1.54, 1.807) is 0 Å². The number of ether oxygens (including phenoxy) is 1. The van der Waals surface area contributed by atoms with Crippen molar-refractivity contribution < 1.29 is 53.4 Å². The standard InChI is InChI=1S/C12H6F10O2/c1-24-7-5(3-2-4-6(7)13)8(23)9(14,15)10(16,17)11(18,19)12(20,21)22/h2-4H,1H3. The summed E-state index contributed by atoms with van der Waals surface area (Å²) in [5.41, 5.74) is -1.62. The highest BCUT2D eigenvalue weighted by molar-refractivity contribution is 6.04. The van der Waals surface area contributed by atoms with E-state index >= 15 is 0 Å². The molecule has 24 heavy (non-hydrogen) atoms. The molecule has 0 radical (unpaired) electrons. The molecule has 2 nitrogen and oxygen atoms in total. The zero-order valence-corrected chi connectivity index (χ0v) is 11.3. The number of benzene rings is 1. The van der Waals surface area contributed by atoms with Gasteiger partial charge in [-0.2, -0.15) is 39.5 Å².